The first-order valence-electron chi connectivity index (χ1n) is 4.74. The van der Waals surface area contributed by atoms with Crippen molar-refractivity contribution in [1.82, 2.24) is 4.31 Å². The fourth-order valence-corrected chi connectivity index (χ4v) is 3.55. The van der Waals surface area contributed by atoms with Gasteiger partial charge in [0.05, 0.1) is 5.25 Å². The van der Waals surface area contributed by atoms with Gasteiger partial charge >= 0.3 is 0 Å². The summed E-state index contributed by atoms with van der Waals surface area (Å²) in [5.74, 6) is 0. The molecule has 4 nitrogen and oxygen atoms in total. The Balaban J connectivity index is 2.63. The summed E-state index contributed by atoms with van der Waals surface area (Å²) in [6.07, 6.45) is 3.72. The maximum Gasteiger partial charge on any atom is 0.216 e. The van der Waals surface area contributed by atoms with Crippen LogP contribution in [-0.4, -0.2) is 38.1 Å². The molecule has 0 saturated heterocycles. The van der Waals surface area contributed by atoms with Gasteiger partial charge in [-0.3, -0.25) is 0 Å². The number of sulfonamides is 1. The summed E-state index contributed by atoms with van der Waals surface area (Å²) in [6.45, 7) is 0.821. The molecule has 0 heterocycles. The van der Waals surface area contributed by atoms with Gasteiger partial charge in [0.25, 0.3) is 0 Å². The van der Waals surface area contributed by atoms with Gasteiger partial charge in [-0.25, -0.2) is 12.7 Å². The highest BCUT2D eigenvalue weighted by Crippen LogP contribution is 2.26. The maximum absolute atomic E-state index is 11.8. The van der Waals surface area contributed by atoms with E-state index in [1.54, 1.807) is 7.05 Å². The first-order chi connectivity index (χ1) is 6.09. The third kappa shape index (κ3) is 2.42. The molecular weight excluding hydrogens is 188 g/mol. The Morgan fingerprint density at radius 3 is 2.38 bits per heavy atom. The Kier molecular flexibility index (Phi) is 3.70. The number of likely N-dealkylation sites (N-methyl/N-ethyl adjacent to an activating group) is 1. The van der Waals surface area contributed by atoms with E-state index in [1.807, 2.05) is 0 Å². The summed E-state index contributed by atoms with van der Waals surface area (Å²) in [6, 6.07) is 0. The topological polar surface area (TPSA) is 63.4 Å². The normalized spacial score (nSPS) is 19.9. The first-order valence-corrected chi connectivity index (χ1v) is 6.24. The van der Waals surface area contributed by atoms with Gasteiger partial charge in [-0.15, -0.1) is 0 Å². The Morgan fingerprint density at radius 2 is 1.92 bits per heavy atom. The van der Waals surface area contributed by atoms with E-state index < -0.39 is 10.0 Å². The molecule has 0 aromatic rings. The largest absolute Gasteiger partial charge is 0.329 e. The van der Waals surface area contributed by atoms with Gasteiger partial charge in [-0.1, -0.05) is 12.8 Å². The minimum Gasteiger partial charge on any atom is -0.329 e. The second kappa shape index (κ2) is 4.39. The molecule has 0 radical (unpaired) electrons. The molecule has 0 bridgehead atoms. The lowest BCUT2D eigenvalue weighted by Gasteiger charge is -2.20. The summed E-state index contributed by atoms with van der Waals surface area (Å²) < 4.78 is 25.0. The molecule has 0 aromatic carbocycles. The lowest BCUT2D eigenvalue weighted by atomic mass is 10.4. The molecule has 0 aliphatic heterocycles. The molecule has 1 saturated carbocycles. The van der Waals surface area contributed by atoms with Crippen molar-refractivity contribution >= 4 is 10.0 Å². The van der Waals surface area contributed by atoms with Gasteiger partial charge in [0.2, 0.25) is 10.0 Å². The Labute approximate surface area is 80.1 Å². The molecule has 78 valence electrons. The highest BCUT2D eigenvalue weighted by molar-refractivity contribution is 7.89. The zero-order chi connectivity index (χ0) is 9.90. The van der Waals surface area contributed by atoms with Gasteiger partial charge in [-0.05, 0) is 12.8 Å². The average molecular weight is 206 g/mol. The molecule has 1 rings (SSSR count). The second-order valence-electron chi connectivity index (χ2n) is 3.56. The predicted molar refractivity (Wildman–Crippen MR) is 52.9 cm³/mol. The summed E-state index contributed by atoms with van der Waals surface area (Å²) in [5, 5.41) is -0.149. The molecule has 1 aliphatic carbocycles. The van der Waals surface area contributed by atoms with Crippen LogP contribution in [-0.2, 0) is 10.0 Å². The van der Waals surface area contributed by atoms with Crippen LogP contribution in [0.15, 0.2) is 0 Å². The van der Waals surface area contributed by atoms with Crippen molar-refractivity contribution in [2.45, 2.75) is 30.9 Å². The molecule has 0 atom stereocenters. The molecule has 1 fully saturated rings. The Bertz CT molecular complexity index is 245. The summed E-state index contributed by atoms with van der Waals surface area (Å²) in [4.78, 5) is 0. The van der Waals surface area contributed by atoms with Crippen LogP contribution < -0.4 is 5.73 Å². The van der Waals surface area contributed by atoms with Crippen LogP contribution in [0.5, 0.6) is 0 Å². The number of nitrogens with two attached hydrogens (primary N) is 1. The maximum atomic E-state index is 11.8. The minimum absolute atomic E-state index is 0.149. The minimum atomic E-state index is -3.05. The molecule has 2 N–H and O–H groups in total. The van der Waals surface area contributed by atoms with Crippen LogP contribution in [0.4, 0.5) is 0 Å². The quantitative estimate of drug-likeness (QED) is 0.712. The van der Waals surface area contributed by atoms with Gasteiger partial charge in [0.15, 0.2) is 0 Å². The van der Waals surface area contributed by atoms with E-state index in [-0.39, 0.29) is 5.25 Å². The van der Waals surface area contributed by atoms with E-state index in [0.29, 0.717) is 13.1 Å². The van der Waals surface area contributed by atoms with Gasteiger partial charge < -0.3 is 5.73 Å². The summed E-state index contributed by atoms with van der Waals surface area (Å²) in [5.41, 5.74) is 5.32. The van der Waals surface area contributed by atoms with Crippen molar-refractivity contribution in [1.29, 1.82) is 0 Å². The van der Waals surface area contributed by atoms with E-state index in [1.165, 1.54) is 4.31 Å². The SMILES string of the molecule is CN(CCN)S(=O)(=O)C1CCCC1. The van der Waals surface area contributed by atoms with Gasteiger partial charge in [0, 0.05) is 20.1 Å². The zero-order valence-corrected chi connectivity index (χ0v) is 8.89. The second-order valence-corrected chi connectivity index (χ2v) is 5.88. The van der Waals surface area contributed by atoms with Crippen molar-refractivity contribution in [3.8, 4) is 0 Å². The number of hydrogen-bond donors (Lipinski definition) is 1. The van der Waals surface area contributed by atoms with Crippen LogP contribution in [0.1, 0.15) is 25.7 Å². The van der Waals surface area contributed by atoms with Crippen LogP contribution >= 0.6 is 0 Å². The molecule has 1 aliphatic rings. The van der Waals surface area contributed by atoms with Crippen LogP contribution in [0.3, 0.4) is 0 Å². The number of hydrogen-bond acceptors (Lipinski definition) is 3. The fraction of sp³-hybridized carbons (Fsp3) is 1.00. The van der Waals surface area contributed by atoms with E-state index in [4.69, 9.17) is 5.73 Å². The van der Waals surface area contributed by atoms with E-state index >= 15 is 0 Å². The summed E-state index contributed by atoms with van der Waals surface area (Å²) >= 11 is 0. The lowest BCUT2D eigenvalue weighted by Crippen LogP contribution is -2.37. The predicted octanol–water partition coefficient (Wildman–Crippen LogP) is 0.149. The average Bonchev–Trinajstić information content (AvgIpc) is 2.56. The molecule has 0 unspecified atom stereocenters. The van der Waals surface area contributed by atoms with Crippen LogP contribution in [0, 0.1) is 0 Å². The monoisotopic (exact) mass is 206 g/mol. The molecule has 0 aromatic heterocycles. The van der Waals surface area contributed by atoms with Crippen LogP contribution in [0.2, 0.25) is 0 Å². The lowest BCUT2D eigenvalue weighted by molar-refractivity contribution is 0.464. The van der Waals surface area contributed by atoms with Gasteiger partial charge in [-0.2, -0.15) is 0 Å². The first kappa shape index (κ1) is 10.9. The van der Waals surface area contributed by atoms with Gasteiger partial charge in [0.1, 0.15) is 0 Å². The summed E-state index contributed by atoms with van der Waals surface area (Å²) in [7, 11) is -1.44. The zero-order valence-electron chi connectivity index (χ0n) is 8.07. The molecule has 5 heteroatoms. The van der Waals surface area contributed by atoms with Crippen LogP contribution in [0.25, 0.3) is 0 Å². The third-order valence-electron chi connectivity index (χ3n) is 2.60. The highest BCUT2D eigenvalue weighted by Gasteiger charge is 2.31. The Morgan fingerprint density at radius 1 is 1.38 bits per heavy atom. The smallest absolute Gasteiger partial charge is 0.216 e. The van der Waals surface area contributed by atoms with E-state index in [9.17, 15) is 8.42 Å². The van der Waals surface area contributed by atoms with Crippen molar-refractivity contribution in [2.24, 2.45) is 5.73 Å². The standard InChI is InChI=1S/C8H18N2O2S/c1-10(7-6-9)13(11,12)8-4-2-3-5-8/h8H,2-7,9H2,1H3. The van der Waals surface area contributed by atoms with Crippen molar-refractivity contribution < 1.29 is 8.42 Å². The van der Waals surface area contributed by atoms with Crippen molar-refractivity contribution in [3.63, 3.8) is 0 Å². The number of rotatable bonds is 4. The van der Waals surface area contributed by atoms with E-state index in [2.05, 4.69) is 0 Å². The van der Waals surface area contributed by atoms with Crippen molar-refractivity contribution in [3.05, 3.63) is 0 Å². The molecule has 0 amide bonds. The van der Waals surface area contributed by atoms with Crippen molar-refractivity contribution in [2.75, 3.05) is 20.1 Å². The molecular formula is C8H18N2O2S. The van der Waals surface area contributed by atoms with E-state index in [0.717, 1.165) is 25.7 Å². The molecule has 13 heavy (non-hydrogen) atoms. The fourth-order valence-electron chi connectivity index (χ4n) is 1.75. The molecule has 0 spiro atoms. The highest BCUT2D eigenvalue weighted by atomic mass is 32.2. The number of nitrogens with zero attached hydrogens (tertiary/aromatic N) is 1. The third-order valence-corrected chi connectivity index (χ3v) is 4.97. The Hall–Kier alpha value is -0.130.